The van der Waals surface area contributed by atoms with Crippen LogP contribution in [0.25, 0.3) is 0 Å². The molecule has 116 valence electrons. The first-order chi connectivity index (χ1) is 9.70. The molecule has 1 heterocycles. The molecule has 0 amide bonds. The highest BCUT2D eigenvalue weighted by molar-refractivity contribution is 5.09. The third-order valence-electron chi connectivity index (χ3n) is 4.99. The Balaban J connectivity index is 1.71. The summed E-state index contributed by atoms with van der Waals surface area (Å²) in [5, 5.41) is 0. The van der Waals surface area contributed by atoms with Gasteiger partial charge in [-0.05, 0) is 44.4 Å². The van der Waals surface area contributed by atoms with Crippen LogP contribution in [0.5, 0.6) is 0 Å². The smallest absolute Gasteiger partial charge is 0.0704 e. The van der Waals surface area contributed by atoms with E-state index < -0.39 is 0 Å². The van der Waals surface area contributed by atoms with Gasteiger partial charge in [-0.25, -0.2) is 0 Å². The van der Waals surface area contributed by atoms with E-state index in [2.05, 4.69) is 24.8 Å². The summed E-state index contributed by atoms with van der Waals surface area (Å²) in [6.45, 7) is 9.81. The number of piperidine rings is 1. The van der Waals surface area contributed by atoms with Gasteiger partial charge in [0.15, 0.2) is 0 Å². The van der Waals surface area contributed by atoms with Crippen molar-refractivity contribution >= 4 is 0 Å². The van der Waals surface area contributed by atoms with Crippen molar-refractivity contribution in [2.45, 2.75) is 45.6 Å². The van der Waals surface area contributed by atoms with Crippen molar-refractivity contribution in [2.75, 3.05) is 40.0 Å². The molecule has 0 aromatic carbocycles. The van der Waals surface area contributed by atoms with Crippen LogP contribution in [0.4, 0.5) is 0 Å². The lowest BCUT2D eigenvalue weighted by molar-refractivity contribution is -0.0170. The number of methoxy groups -OCH3 is 1. The molecule has 0 radical (unpaired) electrons. The van der Waals surface area contributed by atoms with Crippen molar-refractivity contribution in [3.63, 3.8) is 0 Å². The van der Waals surface area contributed by atoms with Gasteiger partial charge < -0.3 is 14.4 Å². The summed E-state index contributed by atoms with van der Waals surface area (Å²) in [6.07, 6.45) is 7.88. The van der Waals surface area contributed by atoms with Crippen molar-refractivity contribution in [1.82, 2.24) is 4.90 Å². The average Bonchev–Trinajstić information content (AvgIpc) is 2.45. The standard InChI is InChI=1S/C17H31NO2/c1-14-5-4-6-15(2)17(14)13-18-9-7-16(8-10-18)20-12-11-19-3/h5,15-17H,4,6-13H2,1-3H3/t15-,17-/m1/s1. The number of allylic oxidation sites excluding steroid dienone is 1. The highest BCUT2D eigenvalue weighted by Crippen LogP contribution is 2.31. The van der Waals surface area contributed by atoms with Crippen molar-refractivity contribution < 1.29 is 9.47 Å². The highest BCUT2D eigenvalue weighted by Gasteiger charge is 2.27. The predicted octanol–water partition coefficient (Wildman–Crippen LogP) is 3.11. The van der Waals surface area contributed by atoms with E-state index in [1.807, 2.05) is 0 Å². The third-order valence-corrected chi connectivity index (χ3v) is 4.99. The lowest BCUT2D eigenvalue weighted by Gasteiger charge is -2.37. The number of hydrogen-bond acceptors (Lipinski definition) is 3. The summed E-state index contributed by atoms with van der Waals surface area (Å²) in [5.41, 5.74) is 1.61. The zero-order chi connectivity index (χ0) is 14.4. The van der Waals surface area contributed by atoms with Crippen LogP contribution in [-0.2, 0) is 9.47 Å². The Labute approximate surface area is 124 Å². The molecule has 0 spiro atoms. The maximum Gasteiger partial charge on any atom is 0.0704 e. The Kier molecular flexibility index (Phi) is 6.53. The summed E-state index contributed by atoms with van der Waals surface area (Å²) < 4.78 is 10.9. The molecule has 0 bridgehead atoms. The highest BCUT2D eigenvalue weighted by atomic mass is 16.5. The average molecular weight is 281 g/mol. The maximum absolute atomic E-state index is 5.84. The lowest BCUT2D eigenvalue weighted by atomic mass is 9.79. The molecule has 2 rings (SSSR count). The van der Waals surface area contributed by atoms with E-state index in [9.17, 15) is 0 Å². The van der Waals surface area contributed by atoms with Crippen LogP contribution < -0.4 is 0 Å². The molecule has 3 heteroatoms. The van der Waals surface area contributed by atoms with Gasteiger partial charge in [0.05, 0.1) is 19.3 Å². The monoisotopic (exact) mass is 281 g/mol. The molecule has 0 saturated carbocycles. The Bertz CT molecular complexity index is 308. The fraction of sp³-hybridized carbons (Fsp3) is 0.882. The summed E-state index contributed by atoms with van der Waals surface area (Å²) in [6, 6.07) is 0. The van der Waals surface area contributed by atoms with Gasteiger partial charge in [-0.3, -0.25) is 0 Å². The van der Waals surface area contributed by atoms with E-state index in [-0.39, 0.29) is 0 Å². The summed E-state index contributed by atoms with van der Waals surface area (Å²) >= 11 is 0. The molecule has 1 saturated heterocycles. The predicted molar refractivity (Wildman–Crippen MR) is 82.9 cm³/mol. The fourth-order valence-corrected chi connectivity index (χ4v) is 3.53. The zero-order valence-electron chi connectivity index (χ0n) is 13.4. The van der Waals surface area contributed by atoms with Crippen LogP contribution in [0, 0.1) is 11.8 Å². The van der Waals surface area contributed by atoms with Gasteiger partial charge in [-0.2, -0.15) is 0 Å². The van der Waals surface area contributed by atoms with Gasteiger partial charge in [0, 0.05) is 26.7 Å². The van der Waals surface area contributed by atoms with Crippen LogP contribution in [0.3, 0.4) is 0 Å². The second kappa shape index (κ2) is 8.16. The first kappa shape index (κ1) is 16.0. The molecule has 0 aromatic rings. The van der Waals surface area contributed by atoms with Gasteiger partial charge in [0.2, 0.25) is 0 Å². The second-order valence-corrected chi connectivity index (χ2v) is 6.47. The van der Waals surface area contributed by atoms with Crippen LogP contribution in [-0.4, -0.2) is 51.0 Å². The van der Waals surface area contributed by atoms with E-state index in [1.165, 1.54) is 45.3 Å². The topological polar surface area (TPSA) is 21.7 Å². The number of rotatable bonds is 6. The van der Waals surface area contributed by atoms with Gasteiger partial charge >= 0.3 is 0 Å². The summed E-state index contributed by atoms with van der Waals surface area (Å²) in [4.78, 5) is 2.64. The Morgan fingerprint density at radius 1 is 1.20 bits per heavy atom. The first-order valence-corrected chi connectivity index (χ1v) is 8.20. The van der Waals surface area contributed by atoms with E-state index in [4.69, 9.17) is 9.47 Å². The molecular formula is C17H31NO2. The molecule has 2 atom stereocenters. The molecule has 1 aliphatic heterocycles. The fourth-order valence-electron chi connectivity index (χ4n) is 3.53. The van der Waals surface area contributed by atoms with Crippen LogP contribution in [0.2, 0.25) is 0 Å². The van der Waals surface area contributed by atoms with Gasteiger partial charge in [-0.15, -0.1) is 0 Å². The molecule has 0 unspecified atom stereocenters. The third kappa shape index (κ3) is 4.57. The van der Waals surface area contributed by atoms with Crippen molar-refractivity contribution in [1.29, 1.82) is 0 Å². The molecule has 20 heavy (non-hydrogen) atoms. The quantitative estimate of drug-likeness (QED) is 0.551. The molecule has 0 aromatic heterocycles. The first-order valence-electron chi connectivity index (χ1n) is 8.20. The normalized spacial score (nSPS) is 29.4. The SMILES string of the molecule is COCCOC1CCN(C[C@@H]2C(C)=CCC[C@H]2C)CC1. The molecule has 3 nitrogen and oxygen atoms in total. The minimum atomic E-state index is 0.446. The Morgan fingerprint density at radius 3 is 2.60 bits per heavy atom. The second-order valence-electron chi connectivity index (χ2n) is 6.47. The van der Waals surface area contributed by atoms with Crippen LogP contribution >= 0.6 is 0 Å². The van der Waals surface area contributed by atoms with Gasteiger partial charge in [0.25, 0.3) is 0 Å². The lowest BCUT2D eigenvalue weighted by Crippen LogP contribution is -2.41. The van der Waals surface area contributed by atoms with Crippen LogP contribution in [0.15, 0.2) is 11.6 Å². The summed E-state index contributed by atoms with van der Waals surface area (Å²) in [7, 11) is 1.73. The van der Waals surface area contributed by atoms with Gasteiger partial charge in [0.1, 0.15) is 0 Å². The van der Waals surface area contributed by atoms with Gasteiger partial charge in [-0.1, -0.05) is 18.6 Å². The van der Waals surface area contributed by atoms with E-state index in [1.54, 1.807) is 12.7 Å². The largest absolute Gasteiger partial charge is 0.382 e. The molecule has 1 fully saturated rings. The molecular weight excluding hydrogens is 250 g/mol. The number of nitrogens with zero attached hydrogens (tertiary/aromatic N) is 1. The van der Waals surface area contributed by atoms with Crippen molar-refractivity contribution in [2.24, 2.45) is 11.8 Å². The molecule has 0 N–H and O–H groups in total. The van der Waals surface area contributed by atoms with Crippen molar-refractivity contribution in [3.8, 4) is 0 Å². The Hall–Kier alpha value is -0.380. The number of hydrogen-bond donors (Lipinski definition) is 0. The number of likely N-dealkylation sites (tertiary alicyclic amines) is 1. The Morgan fingerprint density at radius 2 is 1.95 bits per heavy atom. The van der Waals surface area contributed by atoms with E-state index >= 15 is 0 Å². The molecule has 1 aliphatic carbocycles. The molecule has 2 aliphatic rings. The van der Waals surface area contributed by atoms with Crippen LogP contribution in [0.1, 0.15) is 39.5 Å². The van der Waals surface area contributed by atoms with Crippen molar-refractivity contribution in [3.05, 3.63) is 11.6 Å². The zero-order valence-corrected chi connectivity index (χ0v) is 13.4. The van der Waals surface area contributed by atoms with E-state index in [0.29, 0.717) is 12.7 Å². The number of ether oxygens (including phenoxy) is 2. The summed E-state index contributed by atoms with van der Waals surface area (Å²) in [5.74, 6) is 1.62. The maximum atomic E-state index is 5.84. The minimum Gasteiger partial charge on any atom is -0.382 e. The van der Waals surface area contributed by atoms with E-state index in [0.717, 1.165) is 18.4 Å². The minimum absolute atomic E-state index is 0.446.